The molecule has 1 aromatic rings. The zero-order valence-corrected chi connectivity index (χ0v) is 8.90. The van der Waals surface area contributed by atoms with Crippen molar-refractivity contribution in [3.63, 3.8) is 0 Å². The molecule has 1 rings (SSSR count). The highest BCUT2D eigenvalue weighted by Crippen LogP contribution is 2.16. The maximum atomic E-state index is 11.5. The normalized spacial score (nSPS) is 11.1. The lowest BCUT2D eigenvalue weighted by Gasteiger charge is -2.23. The van der Waals surface area contributed by atoms with Gasteiger partial charge in [0.25, 0.3) is 0 Å². The fourth-order valence-corrected chi connectivity index (χ4v) is 0.884. The first-order chi connectivity index (χ1) is 6.40. The van der Waals surface area contributed by atoms with Crippen LogP contribution in [0.15, 0.2) is 23.0 Å². The molecule has 0 spiro atoms. The largest absolute Gasteiger partial charge is 0.470 e. The van der Waals surface area contributed by atoms with Crippen molar-refractivity contribution in [2.75, 3.05) is 11.9 Å². The molecule has 1 amide bonds. The Labute approximate surface area is 83.5 Å². The Kier molecular flexibility index (Phi) is 2.84. The van der Waals surface area contributed by atoms with Gasteiger partial charge in [-0.05, 0) is 20.8 Å². The van der Waals surface area contributed by atoms with Gasteiger partial charge in [-0.15, -0.1) is 0 Å². The third-order valence-electron chi connectivity index (χ3n) is 1.56. The molecule has 0 bridgehead atoms. The monoisotopic (exact) mass is 197 g/mol. The van der Waals surface area contributed by atoms with E-state index in [1.165, 1.54) is 17.4 Å². The summed E-state index contributed by atoms with van der Waals surface area (Å²) in [6, 6.07) is 1.70. The third-order valence-corrected chi connectivity index (χ3v) is 1.56. The standard InChI is InChI=1S/C10H15NO3/c1-10(2,3)14-9(12)11(4)8-5-6-13-7-8/h5-7H,1-4H3. The van der Waals surface area contributed by atoms with Crippen LogP contribution in [0.1, 0.15) is 20.8 Å². The number of anilines is 1. The maximum Gasteiger partial charge on any atom is 0.414 e. The molecule has 0 saturated carbocycles. The van der Waals surface area contributed by atoms with Gasteiger partial charge in [0.15, 0.2) is 0 Å². The smallest absolute Gasteiger partial charge is 0.414 e. The minimum Gasteiger partial charge on any atom is -0.470 e. The van der Waals surface area contributed by atoms with Crippen LogP contribution in [-0.2, 0) is 4.74 Å². The van der Waals surface area contributed by atoms with Crippen LogP contribution in [-0.4, -0.2) is 18.7 Å². The summed E-state index contributed by atoms with van der Waals surface area (Å²) in [6.07, 6.45) is 2.61. The molecule has 0 unspecified atom stereocenters. The summed E-state index contributed by atoms with van der Waals surface area (Å²) in [5.74, 6) is 0. The van der Waals surface area contributed by atoms with Crippen LogP contribution in [0.3, 0.4) is 0 Å². The van der Waals surface area contributed by atoms with Crippen molar-refractivity contribution in [1.29, 1.82) is 0 Å². The van der Waals surface area contributed by atoms with E-state index in [1.807, 2.05) is 20.8 Å². The van der Waals surface area contributed by atoms with Gasteiger partial charge in [0, 0.05) is 13.1 Å². The van der Waals surface area contributed by atoms with Crippen molar-refractivity contribution >= 4 is 11.8 Å². The topological polar surface area (TPSA) is 42.7 Å². The first kappa shape index (κ1) is 10.6. The lowest BCUT2D eigenvalue weighted by atomic mass is 10.2. The van der Waals surface area contributed by atoms with Gasteiger partial charge in [0.05, 0.1) is 12.0 Å². The Balaban J connectivity index is 2.63. The van der Waals surface area contributed by atoms with Crippen molar-refractivity contribution in [3.8, 4) is 0 Å². The Morgan fingerprint density at radius 1 is 1.50 bits per heavy atom. The Morgan fingerprint density at radius 3 is 2.57 bits per heavy atom. The van der Waals surface area contributed by atoms with Crippen LogP contribution in [0.5, 0.6) is 0 Å². The van der Waals surface area contributed by atoms with Crippen LogP contribution in [0.2, 0.25) is 0 Å². The summed E-state index contributed by atoms with van der Waals surface area (Å²) in [4.78, 5) is 12.9. The molecule has 78 valence electrons. The first-order valence-corrected chi connectivity index (χ1v) is 4.39. The minimum absolute atomic E-state index is 0.390. The summed E-state index contributed by atoms with van der Waals surface area (Å²) >= 11 is 0. The van der Waals surface area contributed by atoms with Crippen LogP contribution in [0.25, 0.3) is 0 Å². The Hall–Kier alpha value is -1.45. The van der Waals surface area contributed by atoms with Gasteiger partial charge < -0.3 is 9.15 Å². The van der Waals surface area contributed by atoms with E-state index >= 15 is 0 Å². The number of hydrogen-bond donors (Lipinski definition) is 0. The van der Waals surface area contributed by atoms with Gasteiger partial charge in [-0.25, -0.2) is 4.79 Å². The van der Waals surface area contributed by atoms with Crippen molar-refractivity contribution < 1.29 is 13.9 Å². The van der Waals surface area contributed by atoms with Gasteiger partial charge >= 0.3 is 6.09 Å². The molecule has 1 aromatic heterocycles. The van der Waals surface area contributed by atoms with E-state index in [0.29, 0.717) is 5.69 Å². The van der Waals surface area contributed by atoms with E-state index in [4.69, 9.17) is 9.15 Å². The average Bonchev–Trinajstić information content (AvgIpc) is 2.51. The SMILES string of the molecule is CN(C(=O)OC(C)(C)C)c1ccoc1. The van der Waals surface area contributed by atoms with Crippen LogP contribution in [0, 0.1) is 0 Å². The highest BCUT2D eigenvalue weighted by molar-refractivity contribution is 5.86. The van der Waals surface area contributed by atoms with E-state index in [0.717, 1.165) is 0 Å². The number of hydrogen-bond acceptors (Lipinski definition) is 3. The quantitative estimate of drug-likeness (QED) is 0.695. The zero-order valence-electron chi connectivity index (χ0n) is 8.90. The fraction of sp³-hybridized carbons (Fsp3) is 0.500. The maximum absolute atomic E-state index is 11.5. The summed E-state index contributed by atoms with van der Waals surface area (Å²) < 4.78 is 10.0. The minimum atomic E-state index is -0.477. The lowest BCUT2D eigenvalue weighted by molar-refractivity contribution is 0.0589. The van der Waals surface area contributed by atoms with E-state index in [2.05, 4.69) is 0 Å². The van der Waals surface area contributed by atoms with Crippen molar-refractivity contribution in [2.24, 2.45) is 0 Å². The molecule has 0 saturated heterocycles. The number of amides is 1. The van der Waals surface area contributed by atoms with Gasteiger partial charge in [0.1, 0.15) is 11.9 Å². The van der Waals surface area contributed by atoms with Gasteiger partial charge in [-0.2, -0.15) is 0 Å². The molecule has 0 aromatic carbocycles. The second-order valence-corrected chi connectivity index (χ2v) is 4.02. The van der Waals surface area contributed by atoms with Crippen molar-refractivity contribution in [1.82, 2.24) is 0 Å². The average molecular weight is 197 g/mol. The van der Waals surface area contributed by atoms with Crippen LogP contribution in [0.4, 0.5) is 10.5 Å². The van der Waals surface area contributed by atoms with Crippen LogP contribution >= 0.6 is 0 Å². The summed E-state index contributed by atoms with van der Waals surface area (Å²) in [6.45, 7) is 5.48. The highest BCUT2D eigenvalue weighted by Gasteiger charge is 2.20. The number of furan rings is 1. The van der Waals surface area contributed by atoms with Gasteiger partial charge in [0.2, 0.25) is 0 Å². The van der Waals surface area contributed by atoms with Gasteiger partial charge in [-0.3, -0.25) is 4.90 Å². The fourth-order valence-electron chi connectivity index (χ4n) is 0.884. The van der Waals surface area contributed by atoms with Crippen molar-refractivity contribution in [3.05, 3.63) is 18.6 Å². The predicted octanol–water partition coefficient (Wildman–Crippen LogP) is 2.65. The Morgan fingerprint density at radius 2 is 2.14 bits per heavy atom. The Bertz CT molecular complexity index is 298. The number of ether oxygens (including phenoxy) is 1. The third kappa shape index (κ3) is 2.80. The zero-order chi connectivity index (χ0) is 10.8. The lowest BCUT2D eigenvalue weighted by Crippen LogP contribution is -2.33. The molecule has 4 heteroatoms. The number of carbonyl (C=O) groups excluding carboxylic acids is 1. The molecule has 0 N–H and O–H groups in total. The first-order valence-electron chi connectivity index (χ1n) is 4.39. The molecule has 0 fully saturated rings. The molecular weight excluding hydrogens is 182 g/mol. The summed E-state index contributed by atoms with van der Waals surface area (Å²) in [7, 11) is 1.64. The number of nitrogens with zero attached hydrogens (tertiary/aromatic N) is 1. The molecule has 1 heterocycles. The van der Waals surface area contributed by atoms with E-state index < -0.39 is 5.60 Å². The molecule has 0 aliphatic rings. The molecule has 0 radical (unpaired) electrons. The molecule has 4 nitrogen and oxygen atoms in total. The predicted molar refractivity (Wildman–Crippen MR) is 53.3 cm³/mol. The van der Waals surface area contributed by atoms with Crippen LogP contribution < -0.4 is 4.90 Å². The van der Waals surface area contributed by atoms with Gasteiger partial charge in [-0.1, -0.05) is 0 Å². The number of carbonyl (C=O) groups is 1. The summed E-state index contributed by atoms with van der Waals surface area (Å²) in [5.41, 5.74) is 0.203. The molecule has 0 aliphatic carbocycles. The summed E-state index contributed by atoms with van der Waals surface area (Å²) in [5, 5.41) is 0. The molecular formula is C10H15NO3. The molecule has 0 aliphatic heterocycles. The number of rotatable bonds is 1. The van der Waals surface area contributed by atoms with E-state index in [1.54, 1.807) is 13.1 Å². The molecule has 14 heavy (non-hydrogen) atoms. The second-order valence-electron chi connectivity index (χ2n) is 4.02. The second kappa shape index (κ2) is 3.74. The van der Waals surface area contributed by atoms with Crippen molar-refractivity contribution in [2.45, 2.75) is 26.4 Å². The van der Waals surface area contributed by atoms with E-state index in [9.17, 15) is 4.79 Å². The van der Waals surface area contributed by atoms with E-state index in [-0.39, 0.29) is 6.09 Å². The highest BCUT2D eigenvalue weighted by atomic mass is 16.6. The molecule has 0 atom stereocenters.